The average molecular weight is 357 g/mol. The van der Waals surface area contributed by atoms with Gasteiger partial charge in [0.15, 0.2) is 5.16 Å². The fraction of sp³-hybridized carbons (Fsp3) is 0.333. The number of nitrogens with one attached hydrogen (secondary N) is 1. The second-order valence-corrected chi connectivity index (χ2v) is 7.36. The van der Waals surface area contributed by atoms with E-state index in [2.05, 4.69) is 9.97 Å². The van der Waals surface area contributed by atoms with Crippen LogP contribution in [0.1, 0.15) is 26.3 Å². The molecule has 0 amide bonds. The van der Waals surface area contributed by atoms with Gasteiger partial charge in [0.1, 0.15) is 23.2 Å². The number of thioether (sulfide) groups is 1. The first-order valence-electron chi connectivity index (χ1n) is 7.61. The summed E-state index contributed by atoms with van der Waals surface area (Å²) in [5, 5.41) is 9.59. The molecule has 0 spiro atoms. The van der Waals surface area contributed by atoms with E-state index in [0.29, 0.717) is 22.2 Å². The molecule has 0 saturated heterocycles. The van der Waals surface area contributed by atoms with Crippen LogP contribution >= 0.6 is 11.8 Å². The van der Waals surface area contributed by atoms with Crippen molar-refractivity contribution in [2.24, 2.45) is 5.41 Å². The van der Waals surface area contributed by atoms with Gasteiger partial charge in [-0.15, -0.1) is 0 Å². The average Bonchev–Trinajstić information content (AvgIpc) is 2.58. The molecule has 0 aliphatic rings. The van der Waals surface area contributed by atoms with Gasteiger partial charge >= 0.3 is 0 Å². The van der Waals surface area contributed by atoms with Crippen LogP contribution in [0.15, 0.2) is 34.2 Å². The van der Waals surface area contributed by atoms with Crippen molar-refractivity contribution in [3.05, 3.63) is 40.2 Å². The molecule has 0 aliphatic carbocycles. The molecule has 0 saturated carbocycles. The van der Waals surface area contributed by atoms with Crippen molar-refractivity contribution in [2.45, 2.75) is 25.9 Å². The predicted octanol–water partition coefficient (Wildman–Crippen LogP) is 3.02. The maximum atomic E-state index is 12.2. The first-order chi connectivity index (χ1) is 11.8. The van der Waals surface area contributed by atoms with Gasteiger partial charge in [0.25, 0.3) is 5.56 Å². The number of aromatic nitrogens is 2. The van der Waals surface area contributed by atoms with Crippen LogP contribution in [0.4, 0.5) is 0 Å². The Labute approximate surface area is 150 Å². The van der Waals surface area contributed by atoms with Gasteiger partial charge in [-0.1, -0.05) is 32.5 Å². The Bertz CT molecular complexity index is 874. The third kappa shape index (κ3) is 4.48. The van der Waals surface area contributed by atoms with Crippen molar-refractivity contribution >= 4 is 17.5 Å². The molecule has 0 atom stereocenters. The van der Waals surface area contributed by atoms with Gasteiger partial charge in [0.2, 0.25) is 0 Å². The first-order valence-corrected chi connectivity index (χ1v) is 8.59. The van der Waals surface area contributed by atoms with Crippen LogP contribution in [0, 0.1) is 16.7 Å². The number of benzene rings is 1. The minimum absolute atomic E-state index is 0.0514. The third-order valence-electron chi connectivity index (χ3n) is 3.55. The molecule has 1 aromatic carbocycles. The monoisotopic (exact) mass is 357 g/mol. The minimum Gasteiger partial charge on any atom is -0.497 e. The number of nitrogens with zero attached hydrogens (tertiary/aromatic N) is 2. The van der Waals surface area contributed by atoms with Gasteiger partial charge in [0.05, 0.1) is 18.6 Å². The number of H-pyrrole nitrogens is 1. The molecule has 0 fully saturated rings. The second-order valence-electron chi connectivity index (χ2n) is 6.40. The summed E-state index contributed by atoms with van der Waals surface area (Å²) >= 11 is 1.15. The second kappa shape index (κ2) is 7.53. The summed E-state index contributed by atoms with van der Waals surface area (Å²) in [7, 11) is 1.56. The van der Waals surface area contributed by atoms with Crippen molar-refractivity contribution < 1.29 is 9.53 Å². The molecule has 6 nitrogen and oxygen atoms in total. The van der Waals surface area contributed by atoms with Crippen LogP contribution in [0.2, 0.25) is 0 Å². The molecule has 130 valence electrons. The van der Waals surface area contributed by atoms with Crippen molar-refractivity contribution in [3.63, 3.8) is 0 Å². The molecule has 1 heterocycles. The minimum atomic E-state index is -0.519. The topological polar surface area (TPSA) is 95.8 Å². The zero-order valence-corrected chi connectivity index (χ0v) is 15.4. The maximum absolute atomic E-state index is 12.2. The van der Waals surface area contributed by atoms with Gasteiger partial charge in [-0.2, -0.15) is 5.26 Å². The number of nitriles is 1. The lowest BCUT2D eigenvalue weighted by molar-refractivity contribution is -0.123. The Morgan fingerprint density at radius 1 is 1.32 bits per heavy atom. The van der Waals surface area contributed by atoms with Crippen LogP contribution in [-0.2, 0) is 4.79 Å². The van der Waals surface area contributed by atoms with E-state index in [1.807, 2.05) is 26.8 Å². The normalized spacial score (nSPS) is 11.0. The Morgan fingerprint density at radius 2 is 1.96 bits per heavy atom. The summed E-state index contributed by atoms with van der Waals surface area (Å²) in [5.41, 5.74) is -0.114. The Morgan fingerprint density at radius 3 is 2.48 bits per heavy atom. The van der Waals surface area contributed by atoms with Crippen LogP contribution in [0.5, 0.6) is 5.75 Å². The van der Waals surface area contributed by atoms with Crippen LogP contribution in [0.25, 0.3) is 11.3 Å². The summed E-state index contributed by atoms with van der Waals surface area (Å²) in [6.07, 6.45) is 0. The highest BCUT2D eigenvalue weighted by Crippen LogP contribution is 2.25. The molecular weight excluding hydrogens is 338 g/mol. The quantitative estimate of drug-likeness (QED) is 0.653. The summed E-state index contributed by atoms with van der Waals surface area (Å²) in [5.74, 6) is 0.911. The number of ketones is 1. The highest BCUT2D eigenvalue weighted by molar-refractivity contribution is 7.99. The Hall–Kier alpha value is -2.59. The van der Waals surface area contributed by atoms with Crippen LogP contribution < -0.4 is 10.3 Å². The van der Waals surface area contributed by atoms with Crippen molar-refractivity contribution in [2.75, 3.05) is 12.9 Å². The highest BCUT2D eigenvalue weighted by atomic mass is 32.2. The van der Waals surface area contributed by atoms with Gasteiger partial charge in [-0.25, -0.2) is 4.98 Å². The van der Waals surface area contributed by atoms with E-state index in [1.165, 1.54) is 0 Å². The molecule has 1 aromatic heterocycles. The van der Waals surface area contributed by atoms with Gasteiger partial charge in [-0.3, -0.25) is 9.59 Å². The molecule has 2 aromatic rings. The van der Waals surface area contributed by atoms with E-state index in [4.69, 9.17) is 4.74 Å². The smallest absolute Gasteiger partial charge is 0.270 e. The lowest BCUT2D eigenvalue weighted by Gasteiger charge is -2.15. The molecule has 2 rings (SSSR count). The molecule has 25 heavy (non-hydrogen) atoms. The number of rotatable bonds is 5. The fourth-order valence-corrected chi connectivity index (χ4v) is 2.95. The number of ether oxygens (including phenoxy) is 1. The van der Waals surface area contributed by atoms with Crippen molar-refractivity contribution in [1.29, 1.82) is 5.26 Å². The van der Waals surface area contributed by atoms with E-state index in [9.17, 15) is 14.9 Å². The summed E-state index contributed by atoms with van der Waals surface area (Å²) in [4.78, 5) is 31.2. The van der Waals surface area contributed by atoms with Gasteiger partial charge in [0, 0.05) is 11.0 Å². The lowest BCUT2D eigenvalue weighted by atomic mass is 9.92. The number of carbonyl (C=O) groups excluding carboxylic acids is 1. The van der Waals surface area contributed by atoms with E-state index in [1.54, 1.807) is 31.4 Å². The number of Topliss-reactive ketones (excluding diaryl/α,β-unsaturated/α-hetero) is 1. The molecule has 1 N–H and O–H groups in total. The number of methoxy groups -OCH3 is 1. The SMILES string of the molecule is COc1ccc(-c2nc(SCC(=O)C(C)(C)C)[nH]c(=O)c2C#N)cc1. The molecular formula is C18H19N3O3S. The number of hydrogen-bond acceptors (Lipinski definition) is 6. The molecule has 7 heteroatoms. The van der Waals surface area contributed by atoms with E-state index < -0.39 is 11.0 Å². The van der Waals surface area contributed by atoms with E-state index in [0.717, 1.165) is 11.8 Å². The number of aromatic amines is 1. The number of carbonyl (C=O) groups is 1. The first kappa shape index (κ1) is 18.7. The van der Waals surface area contributed by atoms with Gasteiger partial charge in [-0.05, 0) is 24.3 Å². The van der Waals surface area contributed by atoms with E-state index >= 15 is 0 Å². The van der Waals surface area contributed by atoms with Crippen LogP contribution in [-0.4, -0.2) is 28.6 Å². The predicted molar refractivity (Wildman–Crippen MR) is 96.7 cm³/mol. The lowest BCUT2D eigenvalue weighted by Crippen LogP contribution is -2.22. The zero-order chi connectivity index (χ0) is 18.6. The Kier molecular flexibility index (Phi) is 5.65. The summed E-state index contributed by atoms with van der Waals surface area (Å²) in [6.45, 7) is 5.52. The maximum Gasteiger partial charge on any atom is 0.270 e. The molecule has 0 aliphatic heterocycles. The highest BCUT2D eigenvalue weighted by Gasteiger charge is 2.22. The third-order valence-corrected chi connectivity index (χ3v) is 4.42. The van der Waals surface area contributed by atoms with Gasteiger partial charge < -0.3 is 9.72 Å². The van der Waals surface area contributed by atoms with Crippen LogP contribution in [0.3, 0.4) is 0 Å². The standard InChI is InChI=1S/C18H19N3O3S/c1-18(2,3)14(22)10-25-17-20-15(13(9-19)16(23)21-17)11-5-7-12(24-4)8-6-11/h5-8H,10H2,1-4H3,(H,20,21,23). The molecule has 0 unspecified atom stereocenters. The van der Waals surface area contributed by atoms with Crippen molar-refractivity contribution in [3.8, 4) is 23.1 Å². The molecule has 0 bridgehead atoms. The number of hydrogen-bond donors (Lipinski definition) is 1. The van der Waals surface area contributed by atoms with E-state index in [-0.39, 0.29) is 17.1 Å². The molecule has 0 radical (unpaired) electrons. The fourth-order valence-electron chi connectivity index (χ4n) is 1.93. The summed E-state index contributed by atoms with van der Waals surface area (Å²) < 4.78 is 5.11. The summed E-state index contributed by atoms with van der Waals surface area (Å²) in [6, 6.07) is 8.82. The zero-order valence-electron chi connectivity index (χ0n) is 14.5. The largest absolute Gasteiger partial charge is 0.497 e. The van der Waals surface area contributed by atoms with Crippen molar-refractivity contribution in [1.82, 2.24) is 9.97 Å². The Balaban J connectivity index is 2.39.